The first-order chi connectivity index (χ1) is 35.9. The van der Waals surface area contributed by atoms with Crippen LogP contribution in [0, 0.1) is 29.6 Å². The van der Waals surface area contributed by atoms with Crippen molar-refractivity contribution in [2.75, 3.05) is 57.7 Å². The molecule has 1 unspecified atom stereocenters. The third-order valence-electron chi connectivity index (χ3n) is 16.5. The molecule has 1 amide bonds. The number of Topliss-reactive ketones (excluding diaryl/α,β-unsaturated/α-hetero) is 1. The summed E-state index contributed by atoms with van der Waals surface area (Å²) in [5, 5.41) is 36.6. The number of fused-ring (bicyclic) bond motifs is 1. The van der Waals surface area contributed by atoms with E-state index in [4.69, 9.17) is 43.6 Å². The Balaban J connectivity index is 1.38. The number of aliphatic hydroxyl groups is 3. The summed E-state index contributed by atoms with van der Waals surface area (Å²) in [4.78, 5) is 58.7. The van der Waals surface area contributed by atoms with Crippen molar-refractivity contribution in [3.63, 3.8) is 0 Å². The fraction of sp³-hybridized carbons (Fsp3) is 0.741. The van der Waals surface area contributed by atoms with Gasteiger partial charge in [-0.2, -0.15) is 11.8 Å². The van der Waals surface area contributed by atoms with Gasteiger partial charge in [0.25, 0.3) is 5.91 Å². The number of carbonyl (C=O) groups is 3. The highest BCUT2D eigenvalue weighted by molar-refractivity contribution is 7.99. The highest BCUT2D eigenvalue weighted by Crippen LogP contribution is 2.44. The van der Waals surface area contributed by atoms with Crippen molar-refractivity contribution in [1.82, 2.24) is 24.4 Å². The molecule has 6 heterocycles. The van der Waals surface area contributed by atoms with Crippen LogP contribution in [-0.2, 0) is 54.0 Å². The molecule has 3 aromatic rings. The van der Waals surface area contributed by atoms with Crippen molar-refractivity contribution in [3.8, 4) is 0 Å². The van der Waals surface area contributed by atoms with E-state index in [1.807, 2.05) is 65.1 Å². The second kappa shape index (κ2) is 25.9. The fourth-order valence-corrected chi connectivity index (χ4v) is 13.1. The summed E-state index contributed by atoms with van der Waals surface area (Å²) in [5.74, 6) is -4.07. The van der Waals surface area contributed by atoms with Gasteiger partial charge in [0.15, 0.2) is 18.4 Å². The number of hydrogen-bond donors (Lipinski definition) is 5. The number of aliphatic hydroxyl groups excluding tert-OH is 3. The van der Waals surface area contributed by atoms with E-state index < -0.39 is 114 Å². The Morgan fingerprint density at radius 3 is 2.29 bits per heavy atom. The predicted molar refractivity (Wildman–Crippen MR) is 286 cm³/mol. The van der Waals surface area contributed by atoms with Gasteiger partial charge in [-0.25, -0.2) is 9.97 Å². The monoisotopic (exact) mass is 1090 g/mol. The zero-order valence-corrected chi connectivity index (χ0v) is 47.7. The van der Waals surface area contributed by atoms with Gasteiger partial charge in [0.1, 0.15) is 42.0 Å². The molecule has 76 heavy (non-hydrogen) atoms. The molecule has 6 N–H and O–H groups in total. The number of carbonyl (C=O) groups excluding carboxylic acids is 3. The lowest BCUT2D eigenvalue weighted by molar-refractivity contribution is -0.319. The van der Waals surface area contributed by atoms with Crippen molar-refractivity contribution in [1.29, 1.82) is 0 Å². The van der Waals surface area contributed by atoms with Crippen LogP contribution in [0.4, 0.5) is 11.5 Å². The minimum absolute atomic E-state index is 0.105. The fourth-order valence-electron chi connectivity index (χ4n) is 11.8. The molecule has 3 saturated heterocycles. The molecule has 426 valence electrons. The second-order valence-corrected chi connectivity index (χ2v) is 23.1. The van der Waals surface area contributed by atoms with Gasteiger partial charge >= 0.3 is 5.97 Å². The number of ether oxygens (including phenoxy) is 8. The van der Waals surface area contributed by atoms with Crippen LogP contribution in [-0.4, -0.2) is 182 Å². The number of anilines is 2. The number of thioether (sulfide) groups is 1. The van der Waals surface area contributed by atoms with E-state index in [1.165, 1.54) is 25.1 Å². The van der Waals surface area contributed by atoms with Gasteiger partial charge in [-0.05, 0) is 92.8 Å². The van der Waals surface area contributed by atoms with E-state index in [0.717, 1.165) is 0 Å². The number of nitrogen functional groups attached to an aromatic ring is 1. The first-order valence-corrected chi connectivity index (χ1v) is 27.7. The van der Waals surface area contributed by atoms with Crippen LogP contribution >= 0.6 is 11.8 Å². The molecule has 6 rings (SSSR count). The Morgan fingerprint density at radius 2 is 1.66 bits per heavy atom. The lowest BCUT2D eigenvalue weighted by Gasteiger charge is -2.50. The molecular formula is C54H85N7O14S. The van der Waals surface area contributed by atoms with Crippen molar-refractivity contribution in [2.45, 2.75) is 180 Å². The summed E-state index contributed by atoms with van der Waals surface area (Å²) < 4.78 is 53.7. The summed E-state index contributed by atoms with van der Waals surface area (Å²) in [6, 6.07) is 3.04. The number of amides is 1. The normalized spacial score (nSPS) is 37.2. The number of cyclic esters (lactones) is 1. The SMILES string of the molecule is CC[C@H]1OC(=O)C(C)[C@@H](O[C@H]2C[C@@](C)(OC)[C@@H](O)[C@H](C)O2)[C@H](C)[C@@H](O[C@@H]2O[C@H](C)C[C@H](N(C)C)[C@H]2O)[C@](C)(OC)C[C@@H](C)C(=O)[C@H](C)[C@@H](CSCCn2cnc3c(N)ncc(C(=O)Nc4ccncc4)c32)[C@]1(C)OCO. The van der Waals surface area contributed by atoms with Crippen LogP contribution in [0.15, 0.2) is 37.1 Å². The van der Waals surface area contributed by atoms with Crippen LogP contribution in [0.3, 0.4) is 0 Å². The number of rotatable bonds is 17. The summed E-state index contributed by atoms with van der Waals surface area (Å²) in [7, 11) is 6.83. The molecule has 3 aromatic heterocycles. The van der Waals surface area contributed by atoms with E-state index >= 15 is 9.59 Å². The lowest BCUT2D eigenvalue weighted by Crippen LogP contribution is -2.61. The van der Waals surface area contributed by atoms with E-state index in [2.05, 4.69) is 20.3 Å². The van der Waals surface area contributed by atoms with Gasteiger partial charge in [0, 0.05) is 86.9 Å². The number of ketones is 1. The number of hydrogen-bond acceptors (Lipinski definition) is 20. The molecule has 0 aromatic carbocycles. The number of aryl methyl sites for hydroxylation is 1. The molecule has 18 atom stereocenters. The van der Waals surface area contributed by atoms with Gasteiger partial charge in [-0.3, -0.25) is 19.4 Å². The first kappa shape index (κ1) is 61.3. The van der Waals surface area contributed by atoms with Gasteiger partial charge in [-0.15, -0.1) is 0 Å². The third-order valence-corrected chi connectivity index (χ3v) is 17.6. The van der Waals surface area contributed by atoms with E-state index in [1.54, 1.807) is 65.7 Å². The number of pyridine rings is 2. The van der Waals surface area contributed by atoms with Crippen molar-refractivity contribution in [2.24, 2.45) is 29.6 Å². The second-order valence-electron chi connectivity index (χ2n) is 22.0. The Labute approximate surface area is 451 Å². The number of methoxy groups -OCH3 is 2. The van der Waals surface area contributed by atoms with E-state index in [9.17, 15) is 20.1 Å². The van der Waals surface area contributed by atoms with Crippen LogP contribution in [0.1, 0.15) is 105 Å². The molecule has 22 heteroatoms. The van der Waals surface area contributed by atoms with Crippen LogP contribution in [0.2, 0.25) is 0 Å². The maximum absolute atomic E-state index is 15.3. The highest BCUT2D eigenvalue weighted by Gasteiger charge is 2.55. The zero-order chi connectivity index (χ0) is 56.0. The molecule has 3 fully saturated rings. The van der Waals surface area contributed by atoms with E-state index in [0.29, 0.717) is 41.2 Å². The Bertz CT molecular complexity index is 2410. The molecule has 0 aliphatic carbocycles. The van der Waals surface area contributed by atoms with Crippen LogP contribution in [0.5, 0.6) is 0 Å². The first-order valence-electron chi connectivity index (χ1n) is 26.5. The standard InChI is InChI=1S/C54H85N7O14S/c1-15-39-54(10,70-28-62)37(26-76-21-20-61-27-58-41-42(61)36(25-57-48(41)55)49(66)59-35-16-18-56-19-17-35)31(4)43(63)29(2)23-53(9,69-14)47(75-51-44(64)38(60(11)12)22-30(3)71-51)32(5)45(33(6)50(67)73-39)74-40-24-52(8,68-13)46(65)34(7)72-40/h16-19,25,27,29-34,37-40,44-47,51,62,64-65H,15,20-24,26,28H2,1-14H3,(H2,55,57)(H,56,59,66)/t29-,30-,31-,32+,33?,34+,37-,38+,39-,40+,44-,45+,46+,47-,51+,52-,53-,54+/m1/s1. The van der Waals surface area contributed by atoms with Gasteiger partial charge < -0.3 is 73.7 Å². The minimum Gasteiger partial charge on any atom is -0.459 e. The van der Waals surface area contributed by atoms with Crippen molar-refractivity contribution in [3.05, 3.63) is 42.6 Å². The Kier molecular flexibility index (Phi) is 20.9. The average molecular weight is 1090 g/mol. The quantitative estimate of drug-likeness (QED) is 0.0670. The topological polar surface area (TPSA) is 271 Å². The number of likely N-dealkylation sites (N-methyl/N-ethyl adjacent to an activating group) is 1. The number of nitrogens with zero attached hydrogens (tertiary/aromatic N) is 5. The predicted octanol–water partition coefficient (Wildman–Crippen LogP) is 5.08. The minimum atomic E-state index is -1.42. The molecule has 0 saturated carbocycles. The molecule has 0 radical (unpaired) electrons. The molecule has 3 aliphatic heterocycles. The molecule has 0 bridgehead atoms. The summed E-state index contributed by atoms with van der Waals surface area (Å²) >= 11 is 1.53. The number of aromatic nitrogens is 4. The van der Waals surface area contributed by atoms with Crippen molar-refractivity contribution < 1.29 is 67.6 Å². The summed E-state index contributed by atoms with van der Waals surface area (Å²) in [5.41, 5.74) is 4.18. The molecule has 0 spiro atoms. The van der Waals surface area contributed by atoms with Crippen LogP contribution < -0.4 is 11.1 Å². The maximum Gasteiger partial charge on any atom is 0.311 e. The largest absolute Gasteiger partial charge is 0.459 e. The number of imidazole rings is 1. The maximum atomic E-state index is 15.3. The lowest BCUT2D eigenvalue weighted by atomic mass is 9.70. The number of nitrogens with one attached hydrogen (secondary N) is 1. The molecular weight excluding hydrogens is 1000 g/mol. The van der Waals surface area contributed by atoms with Crippen molar-refractivity contribution >= 4 is 52.0 Å². The molecule has 21 nitrogen and oxygen atoms in total. The van der Waals surface area contributed by atoms with Crippen LogP contribution in [0.25, 0.3) is 11.0 Å². The zero-order valence-electron chi connectivity index (χ0n) is 46.8. The average Bonchev–Trinajstić information content (AvgIpc) is 3.82. The van der Waals surface area contributed by atoms with Gasteiger partial charge in [0.05, 0.1) is 58.9 Å². The number of esters is 1. The Morgan fingerprint density at radius 1 is 0.974 bits per heavy atom. The highest BCUT2D eigenvalue weighted by atomic mass is 32.2. The summed E-state index contributed by atoms with van der Waals surface area (Å²) in [6.45, 7) is 17.8. The number of nitrogens with two attached hydrogens (primary N) is 1. The summed E-state index contributed by atoms with van der Waals surface area (Å²) in [6.07, 6.45) is -1.02. The van der Waals surface area contributed by atoms with Gasteiger partial charge in [-0.1, -0.05) is 27.7 Å². The third kappa shape index (κ3) is 13.2. The van der Waals surface area contributed by atoms with E-state index in [-0.39, 0.29) is 48.6 Å². The smallest absolute Gasteiger partial charge is 0.311 e. The molecule has 3 aliphatic rings. The Hall–Kier alpha value is -3.91. The van der Waals surface area contributed by atoms with Gasteiger partial charge in [0.2, 0.25) is 0 Å².